The van der Waals surface area contributed by atoms with Crippen LogP contribution in [0.1, 0.15) is 36.5 Å². The van der Waals surface area contributed by atoms with Gasteiger partial charge in [0.05, 0.1) is 20.8 Å². The molecule has 0 fully saturated rings. The Hall–Kier alpha value is -3.26. The van der Waals surface area contributed by atoms with Gasteiger partial charge in [-0.15, -0.1) is 0 Å². The van der Waals surface area contributed by atoms with Gasteiger partial charge in [0.15, 0.2) is 11.5 Å². The van der Waals surface area contributed by atoms with E-state index in [1.165, 1.54) is 10.5 Å². The number of nitrogens with one attached hydrogen (secondary N) is 1. The first-order valence-electron chi connectivity index (χ1n) is 11.5. The molecule has 1 aliphatic rings. The number of rotatable bonds is 9. The number of hydrogen-bond acceptors (Lipinski definition) is 5. The molecule has 1 heterocycles. The molecule has 0 aliphatic carbocycles. The SMILES string of the molecule is COCCN(CC(=O)N1CCc2cc(OC)c(OC)cc2C1)C(=O)Nc1ccc(C(C)C)cc1. The van der Waals surface area contributed by atoms with Crippen LogP contribution in [0.5, 0.6) is 11.5 Å². The van der Waals surface area contributed by atoms with Crippen LogP contribution in [0, 0.1) is 0 Å². The standard InChI is InChI=1S/C26H35N3O5/c1-18(2)19-6-8-22(9-7-19)27-26(31)29(12-13-32-3)17-25(30)28-11-10-20-14-23(33-4)24(34-5)15-21(20)16-28/h6-9,14-15,18H,10-13,16-17H2,1-5H3,(H,27,31). The number of ether oxygens (including phenoxy) is 3. The van der Waals surface area contributed by atoms with Crippen LogP contribution in [0.25, 0.3) is 0 Å². The van der Waals surface area contributed by atoms with Crippen LogP contribution < -0.4 is 14.8 Å². The number of anilines is 1. The summed E-state index contributed by atoms with van der Waals surface area (Å²) in [6, 6.07) is 11.3. The molecule has 184 valence electrons. The van der Waals surface area contributed by atoms with E-state index < -0.39 is 0 Å². The van der Waals surface area contributed by atoms with E-state index in [4.69, 9.17) is 14.2 Å². The molecule has 8 nitrogen and oxygen atoms in total. The third kappa shape index (κ3) is 6.20. The summed E-state index contributed by atoms with van der Waals surface area (Å²) in [4.78, 5) is 29.4. The summed E-state index contributed by atoms with van der Waals surface area (Å²) in [6.07, 6.45) is 0.716. The molecule has 2 aromatic carbocycles. The largest absolute Gasteiger partial charge is 0.493 e. The van der Waals surface area contributed by atoms with Gasteiger partial charge in [0.1, 0.15) is 6.54 Å². The van der Waals surface area contributed by atoms with Crippen molar-refractivity contribution in [3.05, 3.63) is 53.1 Å². The van der Waals surface area contributed by atoms with E-state index in [0.29, 0.717) is 55.8 Å². The molecule has 34 heavy (non-hydrogen) atoms. The number of methoxy groups -OCH3 is 3. The smallest absolute Gasteiger partial charge is 0.322 e. The summed E-state index contributed by atoms with van der Waals surface area (Å²) < 4.78 is 16.0. The van der Waals surface area contributed by atoms with Gasteiger partial charge in [-0.05, 0) is 53.3 Å². The summed E-state index contributed by atoms with van der Waals surface area (Å²) in [5, 5.41) is 2.90. The van der Waals surface area contributed by atoms with Gasteiger partial charge in [0.25, 0.3) is 0 Å². The highest BCUT2D eigenvalue weighted by atomic mass is 16.5. The van der Waals surface area contributed by atoms with E-state index >= 15 is 0 Å². The van der Waals surface area contributed by atoms with Gasteiger partial charge in [0.2, 0.25) is 5.91 Å². The average Bonchev–Trinajstić information content (AvgIpc) is 2.85. The fourth-order valence-corrected chi connectivity index (χ4v) is 3.97. The van der Waals surface area contributed by atoms with Crippen LogP contribution >= 0.6 is 0 Å². The highest BCUT2D eigenvalue weighted by molar-refractivity contribution is 5.92. The Morgan fingerprint density at radius 1 is 1.03 bits per heavy atom. The van der Waals surface area contributed by atoms with E-state index in [0.717, 1.165) is 11.1 Å². The molecule has 0 atom stereocenters. The second kappa shape index (κ2) is 11.7. The van der Waals surface area contributed by atoms with E-state index in [9.17, 15) is 9.59 Å². The number of carbonyl (C=O) groups excluding carboxylic acids is 2. The first kappa shape index (κ1) is 25.4. The van der Waals surface area contributed by atoms with Gasteiger partial charge in [-0.3, -0.25) is 4.79 Å². The maximum atomic E-state index is 13.1. The predicted octanol–water partition coefficient (Wildman–Crippen LogP) is 3.89. The molecule has 8 heteroatoms. The molecule has 1 N–H and O–H groups in total. The third-order valence-electron chi connectivity index (χ3n) is 6.08. The highest BCUT2D eigenvalue weighted by Crippen LogP contribution is 2.33. The summed E-state index contributed by atoms with van der Waals surface area (Å²) >= 11 is 0. The summed E-state index contributed by atoms with van der Waals surface area (Å²) in [5.74, 6) is 1.63. The first-order chi connectivity index (χ1) is 16.4. The zero-order chi connectivity index (χ0) is 24.7. The Bertz CT molecular complexity index is 991. The minimum Gasteiger partial charge on any atom is -0.493 e. The van der Waals surface area contributed by atoms with E-state index in [-0.39, 0.29) is 18.5 Å². The van der Waals surface area contributed by atoms with Crippen molar-refractivity contribution in [1.29, 1.82) is 0 Å². The van der Waals surface area contributed by atoms with Gasteiger partial charge in [-0.1, -0.05) is 26.0 Å². The van der Waals surface area contributed by atoms with Crippen molar-refractivity contribution in [3.8, 4) is 11.5 Å². The quantitative estimate of drug-likeness (QED) is 0.603. The van der Waals surface area contributed by atoms with Crippen molar-refractivity contribution < 1.29 is 23.8 Å². The number of benzene rings is 2. The lowest BCUT2D eigenvalue weighted by Gasteiger charge is -2.32. The number of fused-ring (bicyclic) bond motifs is 1. The molecule has 3 rings (SSSR count). The molecule has 0 radical (unpaired) electrons. The molecule has 0 saturated heterocycles. The summed E-state index contributed by atoms with van der Waals surface area (Å²) in [5.41, 5.74) is 4.05. The lowest BCUT2D eigenvalue weighted by Crippen LogP contribution is -2.46. The van der Waals surface area contributed by atoms with Crippen molar-refractivity contribution in [3.63, 3.8) is 0 Å². The fourth-order valence-electron chi connectivity index (χ4n) is 3.97. The van der Waals surface area contributed by atoms with Crippen LogP contribution in [-0.2, 0) is 22.5 Å². The predicted molar refractivity (Wildman–Crippen MR) is 132 cm³/mol. The first-order valence-corrected chi connectivity index (χ1v) is 11.5. The topological polar surface area (TPSA) is 80.3 Å². The molecule has 2 aromatic rings. The van der Waals surface area contributed by atoms with Crippen molar-refractivity contribution in [2.75, 3.05) is 52.9 Å². The van der Waals surface area contributed by atoms with Gasteiger partial charge < -0.3 is 29.3 Å². The average molecular weight is 470 g/mol. The molecule has 0 bridgehead atoms. The lowest BCUT2D eigenvalue weighted by molar-refractivity contribution is -0.132. The summed E-state index contributed by atoms with van der Waals surface area (Å²) in [6.45, 7) is 5.92. The lowest BCUT2D eigenvalue weighted by atomic mass is 9.98. The third-order valence-corrected chi connectivity index (χ3v) is 6.08. The Kier molecular flexibility index (Phi) is 8.76. The van der Waals surface area contributed by atoms with Gasteiger partial charge in [-0.25, -0.2) is 4.79 Å². The number of nitrogens with zero attached hydrogens (tertiary/aromatic N) is 2. The van der Waals surface area contributed by atoms with Gasteiger partial charge >= 0.3 is 6.03 Å². The Morgan fingerprint density at radius 3 is 2.26 bits per heavy atom. The molecular weight excluding hydrogens is 434 g/mol. The normalized spacial score (nSPS) is 12.8. The zero-order valence-corrected chi connectivity index (χ0v) is 20.7. The van der Waals surface area contributed by atoms with Crippen LogP contribution in [0.2, 0.25) is 0 Å². The van der Waals surface area contributed by atoms with Crippen molar-refractivity contribution in [1.82, 2.24) is 9.80 Å². The monoisotopic (exact) mass is 469 g/mol. The number of hydrogen-bond donors (Lipinski definition) is 1. The Morgan fingerprint density at radius 2 is 1.68 bits per heavy atom. The van der Waals surface area contributed by atoms with Crippen LogP contribution in [0.4, 0.5) is 10.5 Å². The molecule has 0 saturated carbocycles. The molecule has 1 aliphatic heterocycles. The van der Waals surface area contributed by atoms with E-state index in [1.54, 1.807) is 26.2 Å². The molecule has 3 amide bonds. The Balaban J connectivity index is 1.67. The second-order valence-electron chi connectivity index (χ2n) is 8.66. The maximum absolute atomic E-state index is 13.1. The second-order valence-corrected chi connectivity index (χ2v) is 8.66. The van der Waals surface area contributed by atoms with Crippen LogP contribution in [0.3, 0.4) is 0 Å². The number of amides is 3. The van der Waals surface area contributed by atoms with E-state index in [2.05, 4.69) is 19.2 Å². The highest BCUT2D eigenvalue weighted by Gasteiger charge is 2.26. The minimum absolute atomic E-state index is 0.0259. The zero-order valence-electron chi connectivity index (χ0n) is 20.7. The maximum Gasteiger partial charge on any atom is 0.322 e. The fraction of sp³-hybridized carbons (Fsp3) is 0.462. The minimum atomic E-state index is -0.327. The molecule has 0 spiro atoms. The van der Waals surface area contributed by atoms with Gasteiger partial charge in [-0.2, -0.15) is 0 Å². The van der Waals surface area contributed by atoms with Crippen molar-refractivity contribution in [2.45, 2.75) is 32.7 Å². The molecule has 0 unspecified atom stereocenters. The Labute approximate surface area is 201 Å². The molecule has 0 aromatic heterocycles. The molecular formula is C26H35N3O5. The van der Waals surface area contributed by atoms with Crippen LogP contribution in [0.15, 0.2) is 36.4 Å². The van der Waals surface area contributed by atoms with E-state index in [1.807, 2.05) is 36.4 Å². The van der Waals surface area contributed by atoms with Gasteiger partial charge in [0, 0.05) is 32.4 Å². The van der Waals surface area contributed by atoms with Crippen molar-refractivity contribution in [2.24, 2.45) is 0 Å². The number of urea groups is 1. The van der Waals surface area contributed by atoms with Crippen LogP contribution in [-0.4, -0.2) is 69.3 Å². The summed E-state index contributed by atoms with van der Waals surface area (Å²) in [7, 11) is 4.78. The van der Waals surface area contributed by atoms with Crippen molar-refractivity contribution >= 4 is 17.6 Å². The number of carbonyl (C=O) groups is 2.